The number of phenols is 1. The quantitative estimate of drug-likeness (QED) is 0.101. The van der Waals surface area contributed by atoms with Crippen molar-refractivity contribution in [2.24, 2.45) is 0 Å². The molecule has 1 aliphatic rings. The number of phenolic OH excluding ortho intramolecular Hbond substituents is 1. The average molecular weight is 796 g/mol. The first-order valence-electron chi connectivity index (χ1n) is 16.7. The number of rotatable bonds is 9. The van der Waals surface area contributed by atoms with Gasteiger partial charge in [0, 0.05) is 0 Å². The van der Waals surface area contributed by atoms with Gasteiger partial charge in [0.25, 0.3) is 0 Å². The van der Waals surface area contributed by atoms with E-state index in [1.165, 1.54) is 33.1 Å². The Morgan fingerprint density at radius 1 is 0.755 bits per heavy atom. The Morgan fingerprint density at radius 3 is 1.81 bits per heavy atom. The third-order valence-corrected chi connectivity index (χ3v) is 10.8. The first kappa shape index (κ1) is 40.8. The molecule has 0 amide bonds. The first-order chi connectivity index (χ1) is 24.6. The van der Waals surface area contributed by atoms with E-state index in [-0.39, 0.29) is 60.9 Å². The maximum atomic E-state index is 13.8. The fraction of sp³-hybridized carbons (Fsp3) is 0.350. The minimum absolute atomic E-state index is 0.0606. The second-order valence-electron chi connectivity index (χ2n) is 13.1. The summed E-state index contributed by atoms with van der Waals surface area (Å²) in [5.74, 6) is -4.41. The van der Waals surface area contributed by atoms with Crippen LogP contribution < -0.4 is 14.2 Å². The van der Waals surface area contributed by atoms with E-state index >= 15 is 0 Å². The van der Waals surface area contributed by atoms with Crippen LogP contribution in [-0.4, -0.2) is 63.1 Å². The van der Waals surface area contributed by atoms with Crippen LogP contribution in [-0.2, 0) is 16.0 Å². The zero-order valence-corrected chi connectivity index (χ0v) is 33.0. The molecule has 1 unspecified atom stereocenters. The van der Waals surface area contributed by atoms with Crippen molar-refractivity contribution in [3.8, 4) is 23.0 Å². The second kappa shape index (κ2) is 15.2. The van der Waals surface area contributed by atoms with Crippen LogP contribution in [0.5, 0.6) is 23.0 Å². The lowest BCUT2D eigenvalue weighted by atomic mass is 9.86. The van der Waals surface area contributed by atoms with Crippen LogP contribution in [0.1, 0.15) is 95.0 Å². The van der Waals surface area contributed by atoms with Crippen LogP contribution in [0.4, 0.5) is 0 Å². The van der Waals surface area contributed by atoms with Crippen molar-refractivity contribution < 1.29 is 58.6 Å². The van der Waals surface area contributed by atoms with E-state index in [0.29, 0.717) is 45.4 Å². The van der Waals surface area contributed by atoms with E-state index in [9.17, 15) is 39.6 Å². The minimum Gasteiger partial charge on any atom is -0.506 e. The van der Waals surface area contributed by atoms with Crippen LogP contribution in [0.3, 0.4) is 0 Å². The summed E-state index contributed by atoms with van der Waals surface area (Å²) >= 11 is 3.23. The normalized spacial score (nSPS) is 16.8. The number of ether oxygens (including phenoxy) is 4. The van der Waals surface area contributed by atoms with Gasteiger partial charge < -0.3 is 39.4 Å². The molecule has 0 bridgehead atoms. The van der Waals surface area contributed by atoms with E-state index in [1.807, 2.05) is 6.92 Å². The Kier molecular flexibility index (Phi) is 11.7. The van der Waals surface area contributed by atoms with Gasteiger partial charge in [-0.15, -0.1) is 0 Å². The molecule has 13 heteroatoms. The molecule has 0 aliphatic heterocycles. The lowest BCUT2D eigenvalue weighted by Crippen LogP contribution is -2.47. The van der Waals surface area contributed by atoms with Crippen molar-refractivity contribution >= 4 is 39.8 Å². The van der Waals surface area contributed by atoms with Gasteiger partial charge in [-0.05, 0) is 159 Å². The van der Waals surface area contributed by atoms with Crippen molar-refractivity contribution in [3.05, 3.63) is 101 Å². The molecule has 2 atom stereocenters. The molecule has 53 heavy (non-hydrogen) atoms. The summed E-state index contributed by atoms with van der Waals surface area (Å²) in [7, 11) is 1.23. The summed E-state index contributed by atoms with van der Waals surface area (Å²) in [4.78, 5) is 52.8. The highest BCUT2D eigenvalue weighted by molar-refractivity contribution is 9.10. The number of aliphatic hydroxyl groups is 2. The Bertz CT molecular complexity index is 2100. The first-order valence-corrected chi connectivity index (χ1v) is 17.4. The van der Waals surface area contributed by atoms with Gasteiger partial charge in [-0.1, -0.05) is 6.92 Å². The Hall–Kier alpha value is -4.98. The number of hydrogen-bond acceptors (Lipinski definition) is 11. The minimum atomic E-state index is -2.37. The highest BCUT2D eigenvalue weighted by Crippen LogP contribution is 2.44. The van der Waals surface area contributed by atoms with E-state index in [2.05, 4.69) is 15.9 Å². The van der Waals surface area contributed by atoms with Gasteiger partial charge in [0.1, 0.15) is 33.0 Å². The summed E-state index contributed by atoms with van der Waals surface area (Å²) < 4.78 is 22.4. The summed E-state index contributed by atoms with van der Waals surface area (Å²) in [5.41, 5.74) is 1.94. The van der Waals surface area contributed by atoms with Crippen LogP contribution in [0.15, 0.2) is 34.0 Å². The Labute approximate surface area is 315 Å². The molecule has 282 valence electrons. The molecule has 3 aromatic carbocycles. The monoisotopic (exact) mass is 794 g/mol. The standard InChI is InChI=1S/C40H43BrO12/c1-12-26-24(10)27(13-16(2)29(26)37(46)52-34-21(7)18(4)30(36(44)45)19(5)22(34)8)51-38(47)31-20(6)23(9)35(32(41)33(31)43)53-39(48)40(49)17(3)14-25(42)15-28(40)50-11/h13-15,25,42-43,49H,12H2,1-11H3,(H,44,45)/t25?,40-/m1/s1. The van der Waals surface area contributed by atoms with Gasteiger partial charge in [0.2, 0.25) is 5.60 Å². The molecule has 0 spiro atoms. The number of methoxy groups -OCH3 is 1. The van der Waals surface area contributed by atoms with Crippen LogP contribution >= 0.6 is 15.9 Å². The van der Waals surface area contributed by atoms with Crippen LogP contribution in [0.2, 0.25) is 0 Å². The second-order valence-corrected chi connectivity index (χ2v) is 13.9. The predicted octanol–water partition coefficient (Wildman–Crippen LogP) is 6.81. The number of benzene rings is 3. The van der Waals surface area contributed by atoms with Crippen molar-refractivity contribution in [3.63, 3.8) is 0 Å². The summed E-state index contributed by atoms with van der Waals surface area (Å²) in [5, 5.41) is 42.3. The lowest BCUT2D eigenvalue weighted by molar-refractivity contribution is -0.151. The number of hydrogen-bond donors (Lipinski definition) is 4. The lowest BCUT2D eigenvalue weighted by Gasteiger charge is -2.32. The SMILES string of the molecule is CCc1c(C)c(OC(=O)c2c(C)c(C)c(OC(=O)[C@@]3(O)C(C)=CC(O)C=C3OC)c(Br)c2O)cc(C)c1C(=O)Oc1c(C)c(C)c(C(=O)O)c(C)c1C. The van der Waals surface area contributed by atoms with Gasteiger partial charge in [0.15, 0.2) is 5.75 Å². The van der Waals surface area contributed by atoms with E-state index in [1.54, 1.807) is 48.5 Å². The number of aromatic carboxylic acids is 1. The number of carbonyl (C=O) groups excluding carboxylic acids is 3. The van der Waals surface area contributed by atoms with Crippen molar-refractivity contribution in [1.82, 2.24) is 0 Å². The molecule has 0 saturated heterocycles. The topological polar surface area (TPSA) is 186 Å². The number of aryl methyl sites for hydroxylation is 1. The molecule has 0 fully saturated rings. The van der Waals surface area contributed by atoms with Gasteiger partial charge in [-0.3, -0.25) is 0 Å². The highest BCUT2D eigenvalue weighted by atomic mass is 79.9. The maximum Gasteiger partial charge on any atom is 0.356 e. The number of halogens is 1. The van der Waals surface area contributed by atoms with Gasteiger partial charge >= 0.3 is 23.9 Å². The molecular formula is C40H43BrO12. The van der Waals surface area contributed by atoms with Gasteiger partial charge in [0.05, 0.1) is 24.3 Å². The van der Waals surface area contributed by atoms with E-state index < -0.39 is 41.3 Å². The molecule has 1 aliphatic carbocycles. The zero-order chi connectivity index (χ0) is 40.0. The Balaban J connectivity index is 1.69. The van der Waals surface area contributed by atoms with E-state index in [4.69, 9.17) is 18.9 Å². The molecule has 0 aromatic heterocycles. The van der Waals surface area contributed by atoms with Gasteiger partial charge in [-0.2, -0.15) is 0 Å². The molecule has 4 N–H and O–H groups in total. The number of aromatic hydroxyl groups is 1. The molecular weight excluding hydrogens is 752 g/mol. The van der Waals surface area contributed by atoms with Crippen molar-refractivity contribution in [2.75, 3.05) is 7.11 Å². The third kappa shape index (κ3) is 6.96. The zero-order valence-electron chi connectivity index (χ0n) is 31.4. The number of esters is 3. The van der Waals surface area contributed by atoms with Gasteiger partial charge in [-0.25, -0.2) is 19.2 Å². The van der Waals surface area contributed by atoms with E-state index in [0.717, 1.165) is 6.08 Å². The fourth-order valence-corrected chi connectivity index (χ4v) is 7.23. The third-order valence-electron chi connectivity index (χ3n) is 10.1. The summed E-state index contributed by atoms with van der Waals surface area (Å²) in [6.07, 6.45) is 1.69. The molecule has 0 heterocycles. The number of aliphatic hydroxyl groups excluding tert-OH is 1. The summed E-state index contributed by atoms with van der Waals surface area (Å²) in [6.45, 7) is 16.4. The maximum absolute atomic E-state index is 13.8. The number of carbonyl (C=O) groups is 4. The largest absolute Gasteiger partial charge is 0.506 e. The molecule has 4 rings (SSSR count). The molecule has 0 radical (unpaired) electrons. The highest BCUT2D eigenvalue weighted by Gasteiger charge is 2.48. The Morgan fingerprint density at radius 2 is 1.28 bits per heavy atom. The fourth-order valence-electron chi connectivity index (χ4n) is 6.66. The van der Waals surface area contributed by atoms with Crippen LogP contribution in [0, 0.1) is 55.4 Å². The van der Waals surface area contributed by atoms with Crippen LogP contribution in [0.25, 0.3) is 0 Å². The van der Waals surface area contributed by atoms with Crippen molar-refractivity contribution in [2.45, 2.75) is 87.4 Å². The smallest absolute Gasteiger partial charge is 0.356 e. The molecule has 12 nitrogen and oxygen atoms in total. The van der Waals surface area contributed by atoms with Crippen molar-refractivity contribution in [1.29, 1.82) is 0 Å². The molecule has 0 saturated carbocycles. The predicted molar refractivity (Wildman–Crippen MR) is 198 cm³/mol. The average Bonchev–Trinajstić information content (AvgIpc) is 3.09. The molecule has 3 aromatic rings. The summed E-state index contributed by atoms with van der Waals surface area (Å²) in [6, 6.07) is 1.52. The number of carboxylic acids is 1. The number of carboxylic acid groups (broad SMARTS) is 1.